The molecule has 0 fully saturated rings. The molecule has 3 rings (SSSR count). The lowest BCUT2D eigenvalue weighted by molar-refractivity contribution is 0.166. The maximum atomic E-state index is 10.7. The molecule has 0 spiro atoms. The van der Waals surface area contributed by atoms with Crippen molar-refractivity contribution in [2.45, 2.75) is 19.9 Å². The smallest absolute Gasteiger partial charge is 0.469 e. The molecule has 0 amide bonds. The highest BCUT2D eigenvalue weighted by Crippen LogP contribution is 2.40. The SMILES string of the molecule is Cc1cc(-c2nnc(-c3cc(Cl)c(OC[C@H](N)COP(=O)(O)O)c(Cl)c3)s2)cc(C)n1. The zero-order chi connectivity index (χ0) is 22.8. The van der Waals surface area contributed by atoms with Gasteiger partial charge in [0.25, 0.3) is 0 Å². The molecule has 13 heteroatoms. The summed E-state index contributed by atoms with van der Waals surface area (Å²) in [6.45, 7) is 3.34. The second-order valence-corrected chi connectivity index (χ2v) is 9.71. The van der Waals surface area contributed by atoms with Gasteiger partial charge in [0.15, 0.2) is 5.75 Å². The summed E-state index contributed by atoms with van der Waals surface area (Å²) in [5, 5.41) is 10.3. The number of benzene rings is 1. The Morgan fingerprint density at radius 1 is 1.03 bits per heavy atom. The predicted molar refractivity (Wildman–Crippen MR) is 120 cm³/mol. The lowest BCUT2D eigenvalue weighted by Gasteiger charge is -2.16. The first-order chi connectivity index (χ1) is 14.5. The van der Waals surface area contributed by atoms with Crippen LogP contribution in [0.4, 0.5) is 0 Å². The van der Waals surface area contributed by atoms with Crippen LogP contribution in [-0.2, 0) is 9.09 Å². The van der Waals surface area contributed by atoms with Crippen LogP contribution in [0.2, 0.25) is 10.0 Å². The topological polar surface area (TPSA) is 141 Å². The normalized spacial score (nSPS) is 12.7. The summed E-state index contributed by atoms with van der Waals surface area (Å²) in [6, 6.07) is 6.38. The average molecular weight is 505 g/mol. The first-order valence-electron chi connectivity index (χ1n) is 8.89. The van der Waals surface area contributed by atoms with Crippen LogP contribution in [-0.4, -0.2) is 44.2 Å². The summed E-state index contributed by atoms with van der Waals surface area (Å²) < 4.78 is 20.6. The second kappa shape index (κ2) is 9.89. The molecule has 0 aliphatic rings. The minimum absolute atomic E-state index is 0.109. The molecule has 0 aliphatic carbocycles. The van der Waals surface area contributed by atoms with Gasteiger partial charge in [-0.05, 0) is 38.1 Å². The number of nitrogens with zero attached hydrogens (tertiary/aromatic N) is 3. The number of nitrogens with two attached hydrogens (primary N) is 1. The molecule has 0 saturated carbocycles. The highest BCUT2D eigenvalue weighted by atomic mass is 35.5. The molecule has 3 aromatic rings. The molecule has 0 aliphatic heterocycles. The van der Waals surface area contributed by atoms with Crippen LogP contribution in [0.3, 0.4) is 0 Å². The van der Waals surface area contributed by atoms with Gasteiger partial charge in [-0.2, -0.15) is 0 Å². The maximum absolute atomic E-state index is 10.7. The van der Waals surface area contributed by atoms with Gasteiger partial charge < -0.3 is 20.3 Å². The van der Waals surface area contributed by atoms with E-state index in [0.29, 0.717) is 10.6 Å². The van der Waals surface area contributed by atoms with Crippen molar-refractivity contribution >= 4 is 42.4 Å². The van der Waals surface area contributed by atoms with Crippen molar-refractivity contribution in [2.24, 2.45) is 5.73 Å². The third kappa shape index (κ3) is 6.68. The van der Waals surface area contributed by atoms with E-state index in [1.54, 1.807) is 12.1 Å². The lowest BCUT2D eigenvalue weighted by Crippen LogP contribution is -2.32. The van der Waals surface area contributed by atoms with Crippen LogP contribution in [0, 0.1) is 13.8 Å². The van der Waals surface area contributed by atoms with E-state index in [-0.39, 0.29) is 29.0 Å². The molecule has 0 unspecified atom stereocenters. The van der Waals surface area contributed by atoms with Crippen molar-refractivity contribution < 1.29 is 23.6 Å². The Balaban J connectivity index is 1.75. The Morgan fingerprint density at radius 2 is 1.55 bits per heavy atom. The fraction of sp³-hybridized carbons (Fsp3) is 0.278. The van der Waals surface area contributed by atoms with E-state index in [2.05, 4.69) is 19.7 Å². The van der Waals surface area contributed by atoms with E-state index in [1.807, 2.05) is 26.0 Å². The van der Waals surface area contributed by atoms with Gasteiger partial charge in [-0.25, -0.2) is 4.57 Å². The zero-order valence-corrected chi connectivity index (χ0v) is 19.7. The van der Waals surface area contributed by atoms with Crippen molar-refractivity contribution in [3.8, 4) is 26.9 Å². The maximum Gasteiger partial charge on any atom is 0.469 e. The number of hydrogen-bond acceptors (Lipinski definition) is 8. The molecule has 0 bridgehead atoms. The van der Waals surface area contributed by atoms with E-state index < -0.39 is 13.9 Å². The van der Waals surface area contributed by atoms with E-state index in [4.69, 9.17) is 43.5 Å². The molecule has 4 N–H and O–H groups in total. The number of halogens is 2. The van der Waals surface area contributed by atoms with Gasteiger partial charge in [0.05, 0.1) is 22.7 Å². The van der Waals surface area contributed by atoms with Gasteiger partial charge in [-0.1, -0.05) is 34.5 Å². The number of aromatic nitrogens is 3. The Labute approximate surface area is 192 Å². The quantitative estimate of drug-likeness (QED) is 0.388. The standard InChI is InChI=1S/C18H19Cl2N4O5PS/c1-9-3-11(4-10(2)22-9)17-23-24-18(31-17)12-5-14(19)16(15(20)6-12)28-7-13(21)8-29-30(25,26)27/h3-6,13H,7-8,21H2,1-2H3,(H2,25,26,27)/t13-/m0/s1. The fourth-order valence-corrected chi connectivity index (χ4v) is 4.47. The Bertz CT molecular complexity index is 1100. The molecule has 0 radical (unpaired) electrons. The highest BCUT2D eigenvalue weighted by molar-refractivity contribution is 7.46. The van der Waals surface area contributed by atoms with Crippen molar-refractivity contribution in [2.75, 3.05) is 13.2 Å². The van der Waals surface area contributed by atoms with Crippen molar-refractivity contribution in [3.05, 3.63) is 45.7 Å². The van der Waals surface area contributed by atoms with Crippen LogP contribution < -0.4 is 10.5 Å². The van der Waals surface area contributed by atoms with Gasteiger partial charge >= 0.3 is 7.82 Å². The number of phosphoric ester groups is 1. The fourth-order valence-electron chi connectivity index (χ4n) is 2.67. The predicted octanol–water partition coefficient (Wildman–Crippen LogP) is 4.01. The van der Waals surface area contributed by atoms with E-state index in [9.17, 15) is 4.57 Å². The van der Waals surface area contributed by atoms with Crippen LogP contribution in [0.15, 0.2) is 24.3 Å². The van der Waals surface area contributed by atoms with E-state index in [0.717, 1.165) is 22.0 Å². The number of phosphoric acid groups is 1. The number of aryl methyl sites for hydroxylation is 2. The van der Waals surface area contributed by atoms with E-state index >= 15 is 0 Å². The Hall–Kier alpha value is -1.62. The summed E-state index contributed by atoms with van der Waals surface area (Å²) in [5.74, 6) is 0.198. The molecule has 1 atom stereocenters. The third-order valence-electron chi connectivity index (χ3n) is 3.90. The number of rotatable bonds is 8. The van der Waals surface area contributed by atoms with Gasteiger partial charge in [-0.3, -0.25) is 9.51 Å². The molecule has 2 heterocycles. The summed E-state index contributed by atoms with van der Waals surface area (Å²) >= 11 is 14.0. The first kappa shape index (κ1) is 24.0. The summed E-state index contributed by atoms with van der Waals surface area (Å²) in [7, 11) is -4.60. The number of hydrogen-bond donors (Lipinski definition) is 3. The van der Waals surface area contributed by atoms with Gasteiger partial charge in [0.2, 0.25) is 0 Å². The molecule has 9 nitrogen and oxygen atoms in total. The summed E-state index contributed by atoms with van der Waals surface area (Å²) in [6.07, 6.45) is 0. The van der Waals surface area contributed by atoms with Gasteiger partial charge in [0, 0.05) is 22.5 Å². The molecule has 0 saturated heterocycles. The zero-order valence-electron chi connectivity index (χ0n) is 16.5. The lowest BCUT2D eigenvalue weighted by atomic mass is 10.2. The van der Waals surface area contributed by atoms with Crippen LogP contribution in [0.5, 0.6) is 5.75 Å². The first-order valence-corrected chi connectivity index (χ1v) is 12.0. The average Bonchev–Trinajstić information content (AvgIpc) is 3.14. The Kier molecular flexibility index (Phi) is 7.67. The number of ether oxygens (including phenoxy) is 1. The molecule has 2 aromatic heterocycles. The van der Waals surface area contributed by atoms with E-state index in [1.165, 1.54) is 11.3 Å². The van der Waals surface area contributed by atoms with Crippen LogP contribution >= 0.6 is 42.4 Å². The molecular weight excluding hydrogens is 486 g/mol. The molecule has 166 valence electrons. The van der Waals surface area contributed by atoms with Crippen LogP contribution in [0.1, 0.15) is 11.4 Å². The minimum Gasteiger partial charge on any atom is -0.489 e. The third-order valence-corrected chi connectivity index (χ3v) is 5.97. The minimum atomic E-state index is -4.60. The molecule has 1 aromatic carbocycles. The Morgan fingerprint density at radius 3 is 2.06 bits per heavy atom. The van der Waals surface area contributed by atoms with Gasteiger partial charge in [-0.15, -0.1) is 10.2 Å². The highest BCUT2D eigenvalue weighted by Gasteiger charge is 2.19. The molecular formula is C18H19Cl2N4O5PS. The monoisotopic (exact) mass is 504 g/mol. The van der Waals surface area contributed by atoms with Crippen LogP contribution in [0.25, 0.3) is 21.1 Å². The largest absolute Gasteiger partial charge is 0.489 e. The van der Waals surface area contributed by atoms with Gasteiger partial charge in [0.1, 0.15) is 16.6 Å². The molecule has 31 heavy (non-hydrogen) atoms. The van der Waals surface area contributed by atoms with Crippen molar-refractivity contribution in [3.63, 3.8) is 0 Å². The second-order valence-electron chi connectivity index (χ2n) is 6.68. The van der Waals surface area contributed by atoms with Crippen molar-refractivity contribution in [1.29, 1.82) is 0 Å². The summed E-state index contributed by atoms with van der Waals surface area (Å²) in [5.41, 5.74) is 9.11. The summed E-state index contributed by atoms with van der Waals surface area (Å²) in [4.78, 5) is 21.8. The van der Waals surface area contributed by atoms with Crippen molar-refractivity contribution in [1.82, 2.24) is 15.2 Å². The number of pyridine rings is 1.